The van der Waals surface area contributed by atoms with Gasteiger partial charge in [-0.3, -0.25) is 10.1 Å². The molecular weight excluding hydrogens is 274 g/mol. The lowest BCUT2D eigenvalue weighted by atomic mass is 10.1. The summed E-state index contributed by atoms with van der Waals surface area (Å²) in [5.74, 6) is -0.279. The zero-order valence-electron chi connectivity index (χ0n) is 12.7. The second-order valence-electron chi connectivity index (χ2n) is 5.82. The number of carboxylic acids is 1. The van der Waals surface area contributed by atoms with Crippen molar-refractivity contribution in [2.45, 2.75) is 27.7 Å². The van der Waals surface area contributed by atoms with Crippen LogP contribution in [0.25, 0.3) is 0 Å². The summed E-state index contributed by atoms with van der Waals surface area (Å²) in [6, 6.07) is 1.07. The van der Waals surface area contributed by atoms with E-state index >= 15 is 0 Å². The molecule has 0 radical (unpaired) electrons. The first-order valence-corrected chi connectivity index (χ1v) is 6.85. The number of aromatic carboxylic acids is 1. The van der Waals surface area contributed by atoms with Crippen LogP contribution in [0.2, 0.25) is 0 Å². The van der Waals surface area contributed by atoms with Crippen molar-refractivity contribution in [3.63, 3.8) is 0 Å². The molecule has 0 saturated carbocycles. The number of hydrogen-bond donors (Lipinski definition) is 1. The summed E-state index contributed by atoms with van der Waals surface area (Å²) in [5, 5.41) is 20.1. The molecule has 1 N–H and O–H groups in total. The number of aromatic nitrogens is 1. The van der Waals surface area contributed by atoms with Gasteiger partial charge in [-0.25, -0.2) is 9.78 Å². The summed E-state index contributed by atoms with van der Waals surface area (Å²) in [7, 11) is 0. The van der Waals surface area contributed by atoms with Crippen LogP contribution >= 0.6 is 0 Å². The van der Waals surface area contributed by atoms with Crippen LogP contribution < -0.4 is 4.90 Å². The first-order chi connectivity index (χ1) is 9.72. The van der Waals surface area contributed by atoms with E-state index in [1.54, 1.807) is 0 Å². The van der Waals surface area contributed by atoms with E-state index in [2.05, 4.69) is 4.98 Å². The standard InChI is InChI=1S/C14H21N3O4/c1-9(2)7-16(8-10(3)4)13-12(14(18)19)5-11(6-15-13)17(20)21/h5-6,9-10H,7-8H2,1-4H3,(H,18,19). The van der Waals surface area contributed by atoms with Crippen LogP contribution in [-0.4, -0.2) is 34.1 Å². The lowest BCUT2D eigenvalue weighted by Gasteiger charge is -2.28. The van der Waals surface area contributed by atoms with Crippen LogP contribution in [0.4, 0.5) is 11.5 Å². The molecule has 0 aliphatic carbocycles. The van der Waals surface area contributed by atoms with Gasteiger partial charge in [0.15, 0.2) is 0 Å². The largest absolute Gasteiger partial charge is 0.478 e. The third-order valence-corrected chi connectivity index (χ3v) is 2.76. The van der Waals surface area contributed by atoms with E-state index in [1.807, 2.05) is 32.6 Å². The molecule has 0 unspecified atom stereocenters. The highest BCUT2D eigenvalue weighted by Crippen LogP contribution is 2.24. The number of hydrogen-bond acceptors (Lipinski definition) is 5. The average molecular weight is 295 g/mol. The average Bonchev–Trinajstić information content (AvgIpc) is 2.35. The molecule has 1 heterocycles. The number of anilines is 1. The van der Waals surface area contributed by atoms with Gasteiger partial charge >= 0.3 is 5.97 Å². The molecule has 1 aromatic rings. The van der Waals surface area contributed by atoms with Gasteiger partial charge in [-0.2, -0.15) is 0 Å². The van der Waals surface area contributed by atoms with Crippen molar-refractivity contribution in [3.8, 4) is 0 Å². The molecular formula is C14H21N3O4. The quantitative estimate of drug-likeness (QED) is 0.613. The fraction of sp³-hybridized carbons (Fsp3) is 0.571. The summed E-state index contributed by atoms with van der Waals surface area (Å²) in [4.78, 5) is 27.4. The second-order valence-corrected chi connectivity index (χ2v) is 5.82. The van der Waals surface area contributed by atoms with Crippen molar-refractivity contribution in [2.24, 2.45) is 11.8 Å². The number of nitro groups is 1. The van der Waals surface area contributed by atoms with Gasteiger partial charge in [0.2, 0.25) is 0 Å². The van der Waals surface area contributed by atoms with E-state index in [4.69, 9.17) is 0 Å². The molecule has 0 aromatic carbocycles. The topological polar surface area (TPSA) is 96.6 Å². The van der Waals surface area contributed by atoms with Crippen LogP contribution in [0.5, 0.6) is 0 Å². The third kappa shape index (κ3) is 4.70. The van der Waals surface area contributed by atoms with Gasteiger partial charge in [0.05, 0.1) is 4.92 Å². The Morgan fingerprint density at radius 2 is 1.86 bits per heavy atom. The van der Waals surface area contributed by atoms with Gasteiger partial charge in [-0.05, 0) is 11.8 Å². The molecule has 0 aliphatic heterocycles. The maximum atomic E-state index is 11.4. The fourth-order valence-electron chi connectivity index (χ4n) is 2.08. The smallest absolute Gasteiger partial charge is 0.339 e. The molecule has 0 bridgehead atoms. The van der Waals surface area contributed by atoms with Crippen LogP contribution in [0.3, 0.4) is 0 Å². The van der Waals surface area contributed by atoms with Gasteiger partial charge in [0, 0.05) is 19.2 Å². The fourth-order valence-corrected chi connectivity index (χ4v) is 2.08. The number of carbonyl (C=O) groups is 1. The maximum absolute atomic E-state index is 11.4. The third-order valence-electron chi connectivity index (χ3n) is 2.76. The van der Waals surface area contributed by atoms with Gasteiger partial charge in [-0.1, -0.05) is 27.7 Å². The monoisotopic (exact) mass is 295 g/mol. The van der Waals surface area contributed by atoms with E-state index < -0.39 is 10.9 Å². The van der Waals surface area contributed by atoms with Crippen LogP contribution in [0, 0.1) is 22.0 Å². The molecule has 7 heteroatoms. The normalized spacial score (nSPS) is 11.0. The van der Waals surface area contributed by atoms with Gasteiger partial charge in [0.1, 0.15) is 17.6 Å². The minimum atomic E-state index is -1.21. The SMILES string of the molecule is CC(C)CN(CC(C)C)c1ncc([N+](=O)[O-])cc1C(=O)O. The zero-order valence-corrected chi connectivity index (χ0v) is 12.7. The first kappa shape index (κ1) is 16.9. The van der Waals surface area contributed by atoms with E-state index in [0.29, 0.717) is 24.9 Å². The highest BCUT2D eigenvalue weighted by molar-refractivity contribution is 5.94. The summed E-state index contributed by atoms with van der Waals surface area (Å²) in [6.45, 7) is 9.39. The Hall–Kier alpha value is -2.18. The maximum Gasteiger partial charge on any atom is 0.339 e. The van der Waals surface area contributed by atoms with Crippen molar-refractivity contribution in [1.29, 1.82) is 0 Å². The molecule has 0 amide bonds. The van der Waals surface area contributed by atoms with Gasteiger partial charge < -0.3 is 10.0 Å². The zero-order chi connectivity index (χ0) is 16.2. The number of carboxylic acid groups (broad SMARTS) is 1. The Kier molecular flexibility index (Phi) is 5.63. The van der Waals surface area contributed by atoms with E-state index in [1.165, 1.54) is 0 Å². The molecule has 7 nitrogen and oxygen atoms in total. The molecule has 0 spiro atoms. The number of pyridine rings is 1. The lowest BCUT2D eigenvalue weighted by molar-refractivity contribution is -0.385. The Bertz CT molecular complexity index is 519. The Balaban J connectivity index is 3.28. The van der Waals surface area contributed by atoms with E-state index in [-0.39, 0.29) is 17.1 Å². The van der Waals surface area contributed by atoms with Crippen LogP contribution in [-0.2, 0) is 0 Å². The van der Waals surface area contributed by atoms with Crippen molar-refractivity contribution in [2.75, 3.05) is 18.0 Å². The minimum Gasteiger partial charge on any atom is -0.478 e. The highest BCUT2D eigenvalue weighted by atomic mass is 16.6. The molecule has 0 aliphatic rings. The molecule has 116 valence electrons. The predicted octanol–water partition coefficient (Wildman–Crippen LogP) is 2.81. The molecule has 21 heavy (non-hydrogen) atoms. The number of nitrogens with zero attached hydrogens (tertiary/aromatic N) is 3. The molecule has 0 fully saturated rings. The summed E-state index contributed by atoms with van der Waals surface area (Å²) >= 11 is 0. The second kappa shape index (κ2) is 7.01. The Morgan fingerprint density at radius 1 is 1.33 bits per heavy atom. The molecule has 0 atom stereocenters. The Morgan fingerprint density at radius 3 is 2.24 bits per heavy atom. The number of rotatable bonds is 7. The van der Waals surface area contributed by atoms with Crippen molar-refractivity contribution < 1.29 is 14.8 Å². The molecule has 1 aromatic heterocycles. The van der Waals surface area contributed by atoms with Gasteiger partial charge in [-0.15, -0.1) is 0 Å². The van der Waals surface area contributed by atoms with E-state index in [9.17, 15) is 20.0 Å². The van der Waals surface area contributed by atoms with Gasteiger partial charge in [0.25, 0.3) is 5.69 Å². The first-order valence-electron chi connectivity index (χ1n) is 6.85. The van der Waals surface area contributed by atoms with Crippen LogP contribution in [0.1, 0.15) is 38.1 Å². The summed E-state index contributed by atoms with van der Waals surface area (Å²) in [6.07, 6.45) is 1.11. The Labute approximate surface area is 123 Å². The molecule has 1 rings (SSSR count). The van der Waals surface area contributed by atoms with Crippen molar-refractivity contribution in [1.82, 2.24) is 4.98 Å². The molecule has 0 saturated heterocycles. The highest BCUT2D eigenvalue weighted by Gasteiger charge is 2.22. The predicted molar refractivity (Wildman–Crippen MR) is 79.7 cm³/mol. The van der Waals surface area contributed by atoms with Crippen molar-refractivity contribution in [3.05, 3.63) is 27.9 Å². The minimum absolute atomic E-state index is 0.134. The summed E-state index contributed by atoms with van der Waals surface area (Å²) < 4.78 is 0. The van der Waals surface area contributed by atoms with Crippen molar-refractivity contribution >= 4 is 17.5 Å². The van der Waals surface area contributed by atoms with E-state index in [0.717, 1.165) is 12.3 Å². The summed E-state index contributed by atoms with van der Waals surface area (Å²) in [5.41, 5.74) is -0.448. The van der Waals surface area contributed by atoms with Crippen LogP contribution in [0.15, 0.2) is 12.3 Å². The lowest BCUT2D eigenvalue weighted by Crippen LogP contribution is -2.33.